The van der Waals surface area contributed by atoms with E-state index >= 15 is 0 Å². The number of aromatic carboxylic acids is 1. The Morgan fingerprint density at radius 3 is 2.28 bits per heavy atom. The van der Waals surface area contributed by atoms with Gasteiger partial charge in [0.2, 0.25) is 11.8 Å². The molecule has 2 heterocycles. The first kappa shape index (κ1) is 19.5. The summed E-state index contributed by atoms with van der Waals surface area (Å²) in [5, 5.41) is 10.7. The quantitative estimate of drug-likeness (QED) is 0.706. The molecule has 0 saturated carbocycles. The van der Waals surface area contributed by atoms with Crippen LogP contribution in [-0.4, -0.2) is 36.1 Å². The Balaban J connectivity index is 1.50. The van der Waals surface area contributed by atoms with E-state index in [4.69, 9.17) is 0 Å². The van der Waals surface area contributed by atoms with Crippen molar-refractivity contribution in [3.05, 3.63) is 54.1 Å². The molecule has 2 aromatic rings. The Morgan fingerprint density at radius 2 is 1.59 bits per heavy atom. The van der Waals surface area contributed by atoms with Gasteiger partial charge in [0.25, 0.3) is 0 Å². The number of carboxylic acids is 1. The Bertz CT molecular complexity index is 938. The first-order valence-electron chi connectivity index (χ1n) is 9.73. The minimum absolute atomic E-state index is 0.0297. The van der Waals surface area contributed by atoms with Gasteiger partial charge in [-0.05, 0) is 49.6 Å². The number of rotatable bonds is 5. The number of carbonyl (C=O) groups is 3. The second-order valence-electron chi connectivity index (χ2n) is 7.23. The molecule has 1 atom stereocenters. The van der Waals surface area contributed by atoms with Gasteiger partial charge in [0.15, 0.2) is 0 Å². The molecule has 2 aromatic carbocycles. The van der Waals surface area contributed by atoms with Gasteiger partial charge in [0, 0.05) is 35.7 Å². The lowest BCUT2D eigenvalue weighted by Gasteiger charge is -2.29. The van der Waals surface area contributed by atoms with Crippen LogP contribution in [0.25, 0.3) is 0 Å². The summed E-state index contributed by atoms with van der Waals surface area (Å²) in [6, 6.07) is 13.9. The van der Waals surface area contributed by atoms with E-state index < -0.39 is 11.2 Å². The van der Waals surface area contributed by atoms with Gasteiger partial charge < -0.3 is 14.8 Å². The van der Waals surface area contributed by atoms with Crippen LogP contribution in [0.2, 0.25) is 0 Å². The number of hydrogen-bond acceptors (Lipinski definition) is 6. The van der Waals surface area contributed by atoms with Gasteiger partial charge in [-0.1, -0.05) is 18.2 Å². The zero-order chi connectivity index (χ0) is 20.4. The largest absolute Gasteiger partial charge is 0.545 e. The Kier molecular flexibility index (Phi) is 5.58. The second kappa shape index (κ2) is 8.29. The third-order valence-electron chi connectivity index (χ3n) is 5.31. The van der Waals surface area contributed by atoms with Crippen molar-refractivity contribution < 1.29 is 19.5 Å². The molecule has 2 amide bonds. The first-order valence-corrected chi connectivity index (χ1v) is 10.6. The Hall–Kier alpha value is -2.80. The summed E-state index contributed by atoms with van der Waals surface area (Å²) >= 11 is 1.10. The lowest BCUT2D eigenvalue weighted by Crippen LogP contribution is -2.32. The fraction of sp³-hybridized carbons (Fsp3) is 0.318. The number of benzene rings is 2. The Labute approximate surface area is 173 Å². The minimum atomic E-state index is -1.30. The molecule has 29 heavy (non-hydrogen) atoms. The van der Waals surface area contributed by atoms with E-state index in [0.29, 0.717) is 10.6 Å². The van der Waals surface area contributed by atoms with Gasteiger partial charge in [-0.3, -0.25) is 9.59 Å². The monoisotopic (exact) mass is 409 g/mol. The number of hydrogen-bond donors (Lipinski definition) is 0. The fourth-order valence-electron chi connectivity index (χ4n) is 3.82. The fourth-order valence-corrected chi connectivity index (χ4v) is 5.00. The number of piperidine rings is 1. The summed E-state index contributed by atoms with van der Waals surface area (Å²) in [4.78, 5) is 40.7. The summed E-state index contributed by atoms with van der Waals surface area (Å²) in [5.41, 5.74) is 1.68. The van der Waals surface area contributed by atoms with E-state index in [1.165, 1.54) is 30.2 Å². The first-order chi connectivity index (χ1) is 14.0. The zero-order valence-electron chi connectivity index (χ0n) is 15.9. The third-order valence-corrected chi connectivity index (χ3v) is 6.57. The highest BCUT2D eigenvalue weighted by atomic mass is 32.2. The number of carboxylic acid groups (broad SMARTS) is 1. The van der Waals surface area contributed by atoms with Crippen LogP contribution in [-0.2, 0) is 9.59 Å². The predicted octanol–water partition coefficient (Wildman–Crippen LogP) is 2.46. The molecule has 0 aromatic heterocycles. The van der Waals surface area contributed by atoms with E-state index in [0.717, 1.165) is 30.5 Å². The van der Waals surface area contributed by atoms with Gasteiger partial charge >= 0.3 is 0 Å². The van der Waals surface area contributed by atoms with Crippen molar-refractivity contribution in [1.29, 1.82) is 0 Å². The van der Waals surface area contributed by atoms with Crippen molar-refractivity contribution in [2.24, 2.45) is 0 Å². The van der Waals surface area contributed by atoms with Crippen LogP contribution in [0.5, 0.6) is 0 Å². The maximum absolute atomic E-state index is 12.9. The molecule has 0 N–H and O–H groups in total. The second-order valence-corrected chi connectivity index (χ2v) is 8.47. The van der Waals surface area contributed by atoms with Crippen LogP contribution >= 0.6 is 11.8 Å². The predicted molar refractivity (Wildman–Crippen MR) is 110 cm³/mol. The average molecular weight is 409 g/mol. The summed E-state index contributed by atoms with van der Waals surface area (Å²) in [5.74, 6) is -1.89. The van der Waals surface area contributed by atoms with Crippen LogP contribution in [0.1, 0.15) is 36.0 Å². The van der Waals surface area contributed by atoms with E-state index in [-0.39, 0.29) is 23.8 Å². The van der Waals surface area contributed by atoms with Gasteiger partial charge in [-0.25, -0.2) is 4.90 Å². The van der Waals surface area contributed by atoms with Crippen molar-refractivity contribution in [1.82, 2.24) is 0 Å². The van der Waals surface area contributed by atoms with Crippen molar-refractivity contribution in [2.75, 3.05) is 22.9 Å². The lowest BCUT2D eigenvalue weighted by molar-refractivity contribution is -0.255. The number of thioether (sulfide) groups is 1. The van der Waals surface area contributed by atoms with Crippen LogP contribution in [0.3, 0.4) is 0 Å². The SMILES string of the molecule is O=C([O-])c1ccccc1S[C@H]1CC(=O)N(c2ccc(N3CCCCC3)cc2)C1=O. The maximum atomic E-state index is 12.9. The molecule has 2 saturated heterocycles. The van der Waals surface area contributed by atoms with Crippen molar-refractivity contribution in [3.63, 3.8) is 0 Å². The number of imide groups is 1. The molecule has 4 rings (SSSR count). The number of nitrogens with zero attached hydrogens (tertiary/aromatic N) is 2. The van der Waals surface area contributed by atoms with Crippen LogP contribution in [0, 0.1) is 0 Å². The molecule has 6 nitrogen and oxygen atoms in total. The molecular formula is C22H21N2O4S-. The lowest BCUT2D eigenvalue weighted by atomic mass is 10.1. The molecule has 2 fully saturated rings. The zero-order valence-corrected chi connectivity index (χ0v) is 16.7. The molecule has 2 aliphatic rings. The molecule has 0 aliphatic carbocycles. The summed E-state index contributed by atoms with van der Waals surface area (Å²) < 4.78 is 0. The average Bonchev–Trinajstić information content (AvgIpc) is 3.02. The number of carbonyl (C=O) groups excluding carboxylic acids is 3. The summed E-state index contributed by atoms with van der Waals surface area (Å²) in [6.45, 7) is 2.05. The van der Waals surface area contributed by atoms with E-state index in [9.17, 15) is 19.5 Å². The highest BCUT2D eigenvalue weighted by Gasteiger charge is 2.40. The van der Waals surface area contributed by atoms with Crippen molar-refractivity contribution in [2.45, 2.75) is 35.8 Å². The molecule has 2 aliphatic heterocycles. The van der Waals surface area contributed by atoms with Gasteiger partial charge in [-0.15, -0.1) is 11.8 Å². The van der Waals surface area contributed by atoms with Crippen molar-refractivity contribution in [3.8, 4) is 0 Å². The highest BCUT2D eigenvalue weighted by molar-refractivity contribution is 8.00. The molecule has 150 valence electrons. The summed E-state index contributed by atoms with van der Waals surface area (Å²) in [7, 11) is 0. The minimum Gasteiger partial charge on any atom is -0.545 e. The standard InChI is InChI=1S/C22H22N2O4S/c25-20-14-19(29-18-7-3-2-6-17(18)22(27)28)21(26)24(20)16-10-8-15(9-11-16)23-12-4-1-5-13-23/h2-3,6-11,19H,1,4-5,12-14H2,(H,27,28)/p-1/t19-/m0/s1. The normalized spacial score (nSPS) is 19.7. The van der Waals surface area contributed by atoms with Crippen LogP contribution in [0.4, 0.5) is 11.4 Å². The van der Waals surface area contributed by atoms with Gasteiger partial charge in [0.1, 0.15) is 0 Å². The number of anilines is 2. The summed E-state index contributed by atoms with van der Waals surface area (Å²) in [6.07, 6.45) is 3.65. The smallest absolute Gasteiger partial charge is 0.247 e. The van der Waals surface area contributed by atoms with E-state index in [2.05, 4.69) is 4.90 Å². The maximum Gasteiger partial charge on any atom is 0.247 e. The molecule has 0 spiro atoms. The molecule has 0 unspecified atom stereocenters. The van der Waals surface area contributed by atoms with Gasteiger partial charge in [-0.2, -0.15) is 0 Å². The molecule has 0 bridgehead atoms. The molecule has 0 radical (unpaired) electrons. The topological polar surface area (TPSA) is 80.8 Å². The van der Waals surface area contributed by atoms with E-state index in [1.807, 2.05) is 24.3 Å². The number of amides is 2. The Morgan fingerprint density at radius 1 is 0.931 bits per heavy atom. The van der Waals surface area contributed by atoms with Crippen LogP contribution < -0.4 is 14.9 Å². The molecular weight excluding hydrogens is 388 g/mol. The van der Waals surface area contributed by atoms with Gasteiger partial charge in [0.05, 0.1) is 16.9 Å². The third kappa shape index (κ3) is 4.00. The van der Waals surface area contributed by atoms with E-state index in [1.54, 1.807) is 18.2 Å². The van der Waals surface area contributed by atoms with Crippen molar-refractivity contribution >= 4 is 40.9 Å². The molecule has 7 heteroatoms. The highest BCUT2D eigenvalue weighted by Crippen LogP contribution is 2.36. The van der Waals surface area contributed by atoms with Crippen LogP contribution in [0.15, 0.2) is 53.4 Å².